The molecule has 1 aliphatic carbocycles. The maximum absolute atomic E-state index is 13.4. The molecular formula is C11H11F2NO2. The SMILES string of the molecule is NCC1(C(=O)O)CC1c1cc(F)ccc1F. The Balaban J connectivity index is 2.35. The Morgan fingerprint density at radius 3 is 2.75 bits per heavy atom. The van der Waals surface area contributed by atoms with Crippen molar-refractivity contribution >= 4 is 5.97 Å². The van der Waals surface area contributed by atoms with Crippen molar-refractivity contribution in [2.45, 2.75) is 12.3 Å². The monoisotopic (exact) mass is 227 g/mol. The van der Waals surface area contributed by atoms with Gasteiger partial charge in [-0.15, -0.1) is 0 Å². The first-order valence-electron chi connectivity index (χ1n) is 4.89. The van der Waals surface area contributed by atoms with Crippen molar-refractivity contribution < 1.29 is 18.7 Å². The molecule has 0 amide bonds. The van der Waals surface area contributed by atoms with E-state index in [4.69, 9.17) is 10.8 Å². The maximum atomic E-state index is 13.4. The summed E-state index contributed by atoms with van der Waals surface area (Å²) in [5.74, 6) is -2.73. The van der Waals surface area contributed by atoms with Crippen molar-refractivity contribution in [3.8, 4) is 0 Å². The van der Waals surface area contributed by atoms with Crippen LogP contribution in [0, 0.1) is 17.0 Å². The molecule has 0 heterocycles. The predicted octanol–water partition coefficient (Wildman–Crippen LogP) is 1.48. The van der Waals surface area contributed by atoms with E-state index in [1.165, 1.54) is 0 Å². The maximum Gasteiger partial charge on any atom is 0.311 e. The zero-order chi connectivity index (χ0) is 11.9. The number of hydrogen-bond acceptors (Lipinski definition) is 2. The summed E-state index contributed by atoms with van der Waals surface area (Å²) in [5.41, 5.74) is 4.38. The van der Waals surface area contributed by atoms with Gasteiger partial charge >= 0.3 is 5.97 Å². The third-order valence-corrected chi connectivity index (χ3v) is 3.20. The van der Waals surface area contributed by atoms with Gasteiger partial charge in [-0.25, -0.2) is 8.78 Å². The first-order valence-corrected chi connectivity index (χ1v) is 4.89. The molecule has 0 spiro atoms. The van der Waals surface area contributed by atoms with Gasteiger partial charge in [0.25, 0.3) is 0 Å². The summed E-state index contributed by atoms with van der Waals surface area (Å²) in [5, 5.41) is 9.00. The quantitative estimate of drug-likeness (QED) is 0.822. The lowest BCUT2D eigenvalue weighted by Gasteiger charge is -2.09. The molecule has 2 atom stereocenters. The highest BCUT2D eigenvalue weighted by molar-refractivity contribution is 5.81. The molecule has 1 aromatic rings. The van der Waals surface area contributed by atoms with Gasteiger partial charge in [0.2, 0.25) is 0 Å². The van der Waals surface area contributed by atoms with Crippen LogP contribution in [-0.2, 0) is 4.79 Å². The van der Waals surface area contributed by atoms with Crippen LogP contribution in [0.4, 0.5) is 8.78 Å². The van der Waals surface area contributed by atoms with Gasteiger partial charge in [-0.3, -0.25) is 4.79 Å². The second-order valence-electron chi connectivity index (χ2n) is 4.09. The van der Waals surface area contributed by atoms with E-state index in [0.29, 0.717) is 0 Å². The van der Waals surface area contributed by atoms with Crippen LogP contribution in [0.1, 0.15) is 17.9 Å². The summed E-state index contributed by atoms with van der Waals surface area (Å²) in [6, 6.07) is 3.05. The number of carbonyl (C=O) groups is 1. The number of benzene rings is 1. The van der Waals surface area contributed by atoms with Crippen LogP contribution in [0.25, 0.3) is 0 Å². The van der Waals surface area contributed by atoms with Crippen molar-refractivity contribution in [3.05, 3.63) is 35.4 Å². The third kappa shape index (κ3) is 1.48. The predicted molar refractivity (Wildman–Crippen MR) is 52.8 cm³/mol. The molecule has 5 heteroatoms. The zero-order valence-corrected chi connectivity index (χ0v) is 8.41. The second kappa shape index (κ2) is 3.52. The Morgan fingerprint density at radius 2 is 2.25 bits per heavy atom. The fourth-order valence-corrected chi connectivity index (χ4v) is 2.04. The molecule has 0 bridgehead atoms. The van der Waals surface area contributed by atoms with Crippen molar-refractivity contribution in [3.63, 3.8) is 0 Å². The third-order valence-electron chi connectivity index (χ3n) is 3.20. The van der Waals surface area contributed by atoms with Crippen molar-refractivity contribution in [2.24, 2.45) is 11.1 Å². The molecule has 0 aliphatic heterocycles. The van der Waals surface area contributed by atoms with Gasteiger partial charge in [-0.2, -0.15) is 0 Å². The van der Waals surface area contributed by atoms with Gasteiger partial charge < -0.3 is 10.8 Å². The highest BCUT2D eigenvalue weighted by Gasteiger charge is 2.60. The molecule has 1 saturated carbocycles. The lowest BCUT2D eigenvalue weighted by Crippen LogP contribution is -2.26. The fraction of sp³-hybridized carbons (Fsp3) is 0.364. The summed E-state index contributed by atoms with van der Waals surface area (Å²) in [6.45, 7) is -0.0665. The molecule has 0 saturated heterocycles. The molecule has 16 heavy (non-hydrogen) atoms. The number of aliphatic carboxylic acids is 1. The number of halogens is 2. The van der Waals surface area contributed by atoms with E-state index in [2.05, 4.69) is 0 Å². The van der Waals surface area contributed by atoms with E-state index in [0.717, 1.165) is 18.2 Å². The Hall–Kier alpha value is -1.49. The molecular weight excluding hydrogens is 216 g/mol. The largest absolute Gasteiger partial charge is 0.481 e. The number of carboxylic acid groups (broad SMARTS) is 1. The van der Waals surface area contributed by atoms with E-state index >= 15 is 0 Å². The van der Waals surface area contributed by atoms with Crippen LogP contribution in [-0.4, -0.2) is 17.6 Å². The molecule has 3 N–H and O–H groups in total. The van der Waals surface area contributed by atoms with Crippen LogP contribution in [0.5, 0.6) is 0 Å². The molecule has 0 aromatic heterocycles. The molecule has 2 rings (SSSR count). The molecule has 2 unspecified atom stereocenters. The summed E-state index contributed by atoms with van der Waals surface area (Å²) in [7, 11) is 0. The lowest BCUT2D eigenvalue weighted by molar-refractivity contribution is -0.143. The molecule has 0 radical (unpaired) electrons. The van der Waals surface area contributed by atoms with Gasteiger partial charge in [0.15, 0.2) is 0 Å². The van der Waals surface area contributed by atoms with Crippen LogP contribution in [0.3, 0.4) is 0 Å². The normalized spacial score (nSPS) is 27.8. The fourth-order valence-electron chi connectivity index (χ4n) is 2.04. The van der Waals surface area contributed by atoms with E-state index in [1.54, 1.807) is 0 Å². The number of rotatable bonds is 3. The average Bonchev–Trinajstić information content (AvgIpc) is 2.97. The average molecular weight is 227 g/mol. The molecule has 1 fully saturated rings. The highest BCUT2D eigenvalue weighted by Crippen LogP contribution is 2.59. The summed E-state index contributed by atoms with van der Waals surface area (Å²) in [6.07, 6.45) is 0.263. The van der Waals surface area contributed by atoms with Crippen LogP contribution in [0.2, 0.25) is 0 Å². The Labute approximate surface area is 90.9 Å². The minimum absolute atomic E-state index is 0.0665. The summed E-state index contributed by atoms with van der Waals surface area (Å²) in [4.78, 5) is 11.0. The minimum Gasteiger partial charge on any atom is -0.481 e. The van der Waals surface area contributed by atoms with Crippen molar-refractivity contribution in [2.75, 3.05) is 6.54 Å². The second-order valence-corrected chi connectivity index (χ2v) is 4.09. The standard InChI is InChI=1S/C11H11F2NO2/c12-6-1-2-9(13)7(3-6)8-4-11(8,5-14)10(15)16/h1-3,8H,4-5,14H2,(H,15,16). The van der Waals surface area contributed by atoms with Gasteiger partial charge in [0.1, 0.15) is 11.6 Å². The van der Waals surface area contributed by atoms with E-state index in [9.17, 15) is 13.6 Å². The molecule has 1 aromatic carbocycles. The number of carboxylic acids is 1. The zero-order valence-electron chi connectivity index (χ0n) is 8.41. The van der Waals surface area contributed by atoms with Crippen LogP contribution < -0.4 is 5.73 Å². The van der Waals surface area contributed by atoms with Crippen molar-refractivity contribution in [1.29, 1.82) is 0 Å². The molecule has 1 aliphatic rings. The van der Waals surface area contributed by atoms with E-state index in [1.807, 2.05) is 0 Å². The van der Waals surface area contributed by atoms with Crippen LogP contribution >= 0.6 is 0 Å². The topological polar surface area (TPSA) is 63.3 Å². The summed E-state index contributed by atoms with van der Waals surface area (Å²) < 4.78 is 26.3. The Bertz CT molecular complexity index is 450. The Kier molecular flexibility index (Phi) is 2.42. The van der Waals surface area contributed by atoms with Crippen molar-refractivity contribution in [1.82, 2.24) is 0 Å². The van der Waals surface area contributed by atoms with E-state index < -0.39 is 28.9 Å². The smallest absolute Gasteiger partial charge is 0.311 e. The highest BCUT2D eigenvalue weighted by atomic mass is 19.1. The van der Waals surface area contributed by atoms with Gasteiger partial charge in [0, 0.05) is 12.5 Å². The lowest BCUT2D eigenvalue weighted by atomic mass is 9.99. The molecule has 86 valence electrons. The summed E-state index contributed by atoms with van der Waals surface area (Å²) >= 11 is 0. The Morgan fingerprint density at radius 1 is 1.56 bits per heavy atom. The first kappa shape index (κ1) is 11.0. The molecule has 3 nitrogen and oxygen atoms in total. The minimum atomic E-state index is -1.12. The first-order chi connectivity index (χ1) is 7.51. The number of hydrogen-bond donors (Lipinski definition) is 2. The van der Waals surface area contributed by atoms with Gasteiger partial charge in [-0.05, 0) is 30.2 Å². The van der Waals surface area contributed by atoms with Gasteiger partial charge in [0.05, 0.1) is 5.41 Å². The van der Waals surface area contributed by atoms with Gasteiger partial charge in [-0.1, -0.05) is 0 Å². The number of nitrogens with two attached hydrogens (primary N) is 1. The van der Waals surface area contributed by atoms with E-state index in [-0.39, 0.29) is 18.5 Å². The van der Waals surface area contributed by atoms with Crippen LogP contribution in [0.15, 0.2) is 18.2 Å².